The Balaban J connectivity index is 0.907. The van der Waals surface area contributed by atoms with E-state index in [0.717, 1.165) is 61.1 Å². The van der Waals surface area contributed by atoms with Gasteiger partial charge in [0.25, 0.3) is 0 Å². The van der Waals surface area contributed by atoms with Gasteiger partial charge in [-0.2, -0.15) is 0 Å². The lowest BCUT2D eigenvalue weighted by molar-refractivity contribution is 0.673. The summed E-state index contributed by atoms with van der Waals surface area (Å²) in [4.78, 5) is 2.38. The van der Waals surface area contributed by atoms with Gasteiger partial charge in [-0.3, -0.25) is 0 Å². The fraction of sp³-hybridized carbons (Fsp3) is 0. The molecule has 14 rings (SSSR count). The molecule has 0 bridgehead atoms. The van der Waals surface area contributed by atoms with E-state index in [-0.39, 0.29) is 0 Å². The maximum Gasteiger partial charge on any atom is 0.143 e. The van der Waals surface area contributed by atoms with Crippen LogP contribution in [0.1, 0.15) is 0 Å². The number of hydrogen-bond acceptors (Lipinski definition) is 2. The molecule has 0 radical (unpaired) electrons. The topological polar surface area (TPSA) is 16.4 Å². The van der Waals surface area contributed by atoms with Crippen LogP contribution in [0.15, 0.2) is 277 Å². The van der Waals surface area contributed by atoms with Gasteiger partial charge in [0.05, 0.1) is 0 Å². The molecule has 0 amide bonds. The summed E-state index contributed by atoms with van der Waals surface area (Å²) in [6.45, 7) is 0. The smallest absolute Gasteiger partial charge is 0.143 e. The first-order valence-corrected chi connectivity index (χ1v) is 24.7. The quantitative estimate of drug-likeness (QED) is 0.141. The maximum atomic E-state index is 6.65. The molecule has 14 aromatic rings. The molecular weight excluding hydrogens is 871 g/mol. The van der Waals surface area contributed by atoms with Gasteiger partial charge in [0.2, 0.25) is 0 Å². The van der Waals surface area contributed by atoms with Crippen molar-refractivity contribution in [3.05, 3.63) is 273 Å². The summed E-state index contributed by atoms with van der Waals surface area (Å²) >= 11 is 0. The second kappa shape index (κ2) is 17.2. The van der Waals surface area contributed by atoms with E-state index in [2.05, 4.69) is 278 Å². The molecule has 2 nitrogen and oxygen atoms in total. The van der Waals surface area contributed by atoms with Gasteiger partial charge in [-0.1, -0.05) is 212 Å². The van der Waals surface area contributed by atoms with E-state index >= 15 is 0 Å². The van der Waals surface area contributed by atoms with Gasteiger partial charge in [-0.25, -0.2) is 0 Å². The summed E-state index contributed by atoms with van der Waals surface area (Å²) in [5.41, 5.74) is 16.9. The SMILES string of the molecule is c1ccc(-c2c(-c3ccccc3)c3cc(-c4ccc(N(c5ccc(-c6ccc7ccccc7c6)cc5)c5cccc(-c6cccc7oc8c9ccccc9ccc8c67)c5)cc4)ccc3c3ccccc23)cc1. The van der Waals surface area contributed by atoms with E-state index in [9.17, 15) is 0 Å². The van der Waals surface area contributed by atoms with Crippen molar-refractivity contribution in [2.45, 2.75) is 0 Å². The molecule has 1 heterocycles. The molecule has 0 fully saturated rings. The lowest BCUT2D eigenvalue weighted by Crippen LogP contribution is -2.10. The van der Waals surface area contributed by atoms with Crippen molar-refractivity contribution in [3.63, 3.8) is 0 Å². The van der Waals surface area contributed by atoms with Crippen molar-refractivity contribution >= 4 is 82.1 Å². The van der Waals surface area contributed by atoms with Crippen LogP contribution in [0.5, 0.6) is 0 Å². The van der Waals surface area contributed by atoms with Crippen molar-refractivity contribution in [1.82, 2.24) is 0 Å². The molecule has 0 saturated heterocycles. The average molecular weight is 916 g/mol. The summed E-state index contributed by atoms with van der Waals surface area (Å²) in [7, 11) is 0. The Morgan fingerprint density at radius 3 is 1.49 bits per heavy atom. The minimum atomic E-state index is 0.884. The van der Waals surface area contributed by atoms with Gasteiger partial charge >= 0.3 is 0 Å². The Bertz CT molecular complexity index is 4360. The molecule has 0 N–H and O–H groups in total. The molecule has 1 aromatic heterocycles. The van der Waals surface area contributed by atoms with Crippen LogP contribution in [0.25, 0.3) is 121 Å². The van der Waals surface area contributed by atoms with Gasteiger partial charge in [0.15, 0.2) is 0 Å². The molecular formula is C70H45NO. The number of nitrogens with zero attached hydrogens (tertiary/aromatic N) is 1. The van der Waals surface area contributed by atoms with Crippen LogP contribution < -0.4 is 4.90 Å². The third kappa shape index (κ3) is 7.03. The van der Waals surface area contributed by atoms with Crippen molar-refractivity contribution in [1.29, 1.82) is 0 Å². The minimum Gasteiger partial charge on any atom is -0.455 e. The zero-order valence-corrected chi connectivity index (χ0v) is 39.3. The van der Waals surface area contributed by atoms with E-state index in [1.165, 1.54) is 76.6 Å². The predicted molar refractivity (Wildman–Crippen MR) is 306 cm³/mol. The number of fused-ring (bicyclic) bond motifs is 9. The number of hydrogen-bond donors (Lipinski definition) is 0. The van der Waals surface area contributed by atoms with E-state index in [1.807, 2.05) is 0 Å². The Morgan fingerprint density at radius 1 is 0.250 bits per heavy atom. The summed E-state index contributed by atoms with van der Waals surface area (Å²) in [5.74, 6) is 0. The first kappa shape index (κ1) is 41.5. The number of anilines is 3. The first-order valence-electron chi connectivity index (χ1n) is 24.7. The van der Waals surface area contributed by atoms with Crippen LogP contribution in [-0.2, 0) is 0 Å². The predicted octanol–water partition coefficient (Wildman–Crippen LogP) is 20.0. The van der Waals surface area contributed by atoms with Crippen molar-refractivity contribution < 1.29 is 4.42 Å². The van der Waals surface area contributed by atoms with E-state index in [1.54, 1.807) is 0 Å². The molecule has 0 aliphatic rings. The highest BCUT2D eigenvalue weighted by Crippen LogP contribution is 2.47. The van der Waals surface area contributed by atoms with Gasteiger partial charge in [-0.05, 0) is 154 Å². The van der Waals surface area contributed by atoms with Crippen LogP contribution in [-0.4, -0.2) is 0 Å². The van der Waals surface area contributed by atoms with Crippen molar-refractivity contribution in [2.24, 2.45) is 0 Å². The molecule has 72 heavy (non-hydrogen) atoms. The molecule has 0 spiro atoms. The van der Waals surface area contributed by atoms with Gasteiger partial charge in [-0.15, -0.1) is 0 Å². The maximum absolute atomic E-state index is 6.65. The highest BCUT2D eigenvalue weighted by molar-refractivity contribution is 6.22. The fourth-order valence-electron chi connectivity index (χ4n) is 11.2. The Morgan fingerprint density at radius 2 is 0.764 bits per heavy atom. The molecule has 336 valence electrons. The van der Waals surface area contributed by atoms with Crippen LogP contribution in [0.3, 0.4) is 0 Å². The highest BCUT2D eigenvalue weighted by atomic mass is 16.3. The van der Waals surface area contributed by atoms with Crippen LogP contribution in [0.2, 0.25) is 0 Å². The molecule has 0 aliphatic carbocycles. The summed E-state index contributed by atoms with van der Waals surface area (Å²) in [5, 5.41) is 12.0. The Kier molecular flexibility index (Phi) is 9.89. The Labute approximate surface area is 417 Å². The van der Waals surface area contributed by atoms with E-state index < -0.39 is 0 Å². The molecule has 0 atom stereocenters. The standard InChI is InChI=1S/C70H45NO/c1-3-17-50(18-4-1)67-63-26-12-11-25-61(63)62-41-36-54(45-65(62)68(67)51-19-5-2-6-20-51)48-33-39-57(40-34-48)71(56-37-31-47(32-38-56)53-30-29-46-15-7-8-21-52(46)43-53)58-23-13-22-55(44-58)59-27-14-28-66-69(59)64-42-35-49-16-9-10-24-60(49)70(64)72-66/h1-45H. The number of benzene rings is 13. The van der Waals surface area contributed by atoms with Crippen molar-refractivity contribution in [3.8, 4) is 55.6 Å². The average Bonchev–Trinajstić information content (AvgIpc) is 3.85. The lowest BCUT2D eigenvalue weighted by Gasteiger charge is -2.26. The highest BCUT2D eigenvalue weighted by Gasteiger charge is 2.21. The van der Waals surface area contributed by atoms with Crippen LogP contribution >= 0.6 is 0 Å². The van der Waals surface area contributed by atoms with Crippen LogP contribution in [0, 0.1) is 0 Å². The summed E-state index contributed by atoms with van der Waals surface area (Å²) in [6, 6.07) is 99.3. The largest absolute Gasteiger partial charge is 0.455 e. The Hall–Kier alpha value is -9.50. The number of furan rings is 1. The monoisotopic (exact) mass is 915 g/mol. The third-order valence-electron chi connectivity index (χ3n) is 14.6. The zero-order valence-electron chi connectivity index (χ0n) is 39.3. The zero-order chi connectivity index (χ0) is 47.5. The van der Waals surface area contributed by atoms with Crippen molar-refractivity contribution in [2.75, 3.05) is 4.90 Å². The van der Waals surface area contributed by atoms with E-state index in [4.69, 9.17) is 4.42 Å². The minimum absolute atomic E-state index is 0.884. The molecule has 0 unspecified atom stereocenters. The first-order chi connectivity index (χ1) is 35.7. The van der Waals surface area contributed by atoms with E-state index in [0.29, 0.717) is 0 Å². The fourth-order valence-corrected chi connectivity index (χ4v) is 11.2. The molecule has 0 saturated carbocycles. The van der Waals surface area contributed by atoms with Gasteiger partial charge in [0.1, 0.15) is 11.2 Å². The summed E-state index contributed by atoms with van der Waals surface area (Å²) in [6.07, 6.45) is 0. The lowest BCUT2D eigenvalue weighted by atomic mass is 9.84. The number of rotatable bonds is 8. The molecule has 13 aromatic carbocycles. The normalized spacial score (nSPS) is 11.6. The van der Waals surface area contributed by atoms with Gasteiger partial charge < -0.3 is 9.32 Å². The second-order valence-electron chi connectivity index (χ2n) is 18.8. The molecule has 0 aliphatic heterocycles. The summed E-state index contributed by atoms with van der Waals surface area (Å²) < 4.78 is 6.65. The third-order valence-corrected chi connectivity index (χ3v) is 14.6. The second-order valence-corrected chi connectivity index (χ2v) is 18.8. The van der Waals surface area contributed by atoms with Crippen LogP contribution in [0.4, 0.5) is 17.1 Å². The molecule has 2 heteroatoms. The van der Waals surface area contributed by atoms with Gasteiger partial charge in [0, 0.05) is 33.2 Å².